The maximum Gasteiger partial charge on any atom is 0.232 e. The average Bonchev–Trinajstić information content (AvgIpc) is 3.52. The molecule has 1 unspecified atom stereocenters. The Bertz CT molecular complexity index is 1050. The van der Waals surface area contributed by atoms with E-state index in [1.54, 1.807) is 18.4 Å². The van der Waals surface area contributed by atoms with E-state index in [2.05, 4.69) is 40.3 Å². The largest absolute Gasteiger partial charge is 0.495 e. The van der Waals surface area contributed by atoms with Crippen LogP contribution in [-0.2, 0) is 4.79 Å². The molecule has 2 aromatic heterocycles. The van der Waals surface area contributed by atoms with Gasteiger partial charge in [0.2, 0.25) is 11.9 Å². The summed E-state index contributed by atoms with van der Waals surface area (Å²) < 4.78 is 7.66. The summed E-state index contributed by atoms with van der Waals surface area (Å²) in [5.74, 6) is 2.11. The molecule has 0 radical (unpaired) electrons. The number of benzene rings is 1. The van der Waals surface area contributed by atoms with Gasteiger partial charge in [0.05, 0.1) is 24.6 Å². The van der Waals surface area contributed by atoms with Gasteiger partial charge in [-0.25, -0.2) is 0 Å². The molecule has 4 rings (SSSR count). The zero-order valence-corrected chi connectivity index (χ0v) is 21.0. The Morgan fingerprint density at radius 1 is 1.15 bits per heavy atom. The van der Waals surface area contributed by atoms with Crippen LogP contribution in [-0.4, -0.2) is 46.6 Å². The Hall–Kier alpha value is -2.52. The lowest BCUT2D eigenvalue weighted by Gasteiger charge is -2.28. The van der Waals surface area contributed by atoms with Gasteiger partial charge in [-0.2, -0.15) is 0 Å². The van der Waals surface area contributed by atoms with Crippen LogP contribution in [0.2, 0.25) is 0 Å². The Balaban J connectivity index is 1.56. The van der Waals surface area contributed by atoms with E-state index in [1.807, 2.05) is 40.3 Å². The third-order valence-electron chi connectivity index (χ3n) is 5.75. The first-order valence-electron chi connectivity index (χ1n) is 11.4. The number of thiophene rings is 1. The number of carbonyl (C=O) groups excluding carboxylic acids is 1. The van der Waals surface area contributed by atoms with E-state index in [0.717, 1.165) is 43.3 Å². The average molecular weight is 486 g/mol. The van der Waals surface area contributed by atoms with E-state index in [1.165, 1.54) is 23.1 Å². The standard InChI is InChI=1S/C24H31N5O2S2/c1-17(2)22(20-12-9-15-32-20)25-21(30)16-33-24-27-26-23(28-13-7-4-8-14-28)29(24)18-10-5-6-11-19(18)31-3/h5-6,9-12,15,17,22H,4,7-8,13-14,16H2,1-3H3,(H,25,30). The van der Waals surface area contributed by atoms with Gasteiger partial charge in [0.15, 0.2) is 5.16 Å². The minimum atomic E-state index is -0.0128. The number of para-hydroxylation sites is 2. The van der Waals surface area contributed by atoms with E-state index >= 15 is 0 Å². The van der Waals surface area contributed by atoms with Gasteiger partial charge in [-0.3, -0.25) is 9.36 Å². The molecule has 1 aliphatic heterocycles. The highest BCUT2D eigenvalue weighted by Gasteiger charge is 2.25. The van der Waals surface area contributed by atoms with Crippen LogP contribution in [0.3, 0.4) is 0 Å². The first-order chi connectivity index (χ1) is 16.1. The fourth-order valence-electron chi connectivity index (χ4n) is 4.06. The monoisotopic (exact) mass is 485 g/mol. The van der Waals surface area contributed by atoms with Crippen LogP contribution >= 0.6 is 23.1 Å². The lowest BCUT2D eigenvalue weighted by molar-refractivity contribution is -0.119. The van der Waals surface area contributed by atoms with Gasteiger partial charge >= 0.3 is 0 Å². The summed E-state index contributed by atoms with van der Waals surface area (Å²) >= 11 is 3.07. The number of aromatic nitrogens is 3. The molecule has 1 aromatic carbocycles. The molecule has 1 fully saturated rings. The molecule has 3 heterocycles. The van der Waals surface area contributed by atoms with E-state index in [-0.39, 0.29) is 17.7 Å². The third kappa shape index (κ3) is 5.52. The Morgan fingerprint density at radius 2 is 1.94 bits per heavy atom. The van der Waals surface area contributed by atoms with Crippen molar-refractivity contribution in [3.05, 3.63) is 46.7 Å². The molecule has 1 amide bonds. The van der Waals surface area contributed by atoms with Crippen molar-refractivity contribution in [1.82, 2.24) is 20.1 Å². The van der Waals surface area contributed by atoms with Crippen LogP contribution in [0.15, 0.2) is 46.9 Å². The van der Waals surface area contributed by atoms with Gasteiger partial charge in [0.25, 0.3) is 0 Å². The molecule has 3 aromatic rings. The molecule has 9 heteroatoms. The number of rotatable bonds is 9. The van der Waals surface area contributed by atoms with Crippen LogP contribution in [0, 0.1) is 5.92 Å². The molecule has 176 valence electrons. The maximum absolute atomic E-state index is 12.9. The first kappa shape index (κ1) is 23.6. The summed E-state index contributed by atoms with van der Waals surface area (Å²) in [7, 11) is 1.67. The molecule has 0 saturated carbocycles. The fraction of sp³-hybridized carbons (Fsp3) is 0.458. The van der Waals surface area contributed by atoms with E-state index in [0.29, 0.717) is 11.1 Å². The van der Waals surface area contributed by atoms with Crippen molar-refractivity contribution in [2.75, 3.05) is 30.9 Å². The summed E-state index contributed by atoms with van der Waals surface area (Å²) in [4.78, 5) is 16.3. The van der Waals surface area contributed by atoms with Crippen LogP contribution in [0.1, 0.15) is 44.0 Å². The van der Waals surface area contributed by atoms with Gasteiger partial charge < -0.3 is 15.0 Å². The van der Waals surface area contributed by atoms with Crippen molar-refractivity contribution in [2.45, 2.75) is 44.3 Å². The van der Waals surface area contributed by atoms with Crippen molar-refractivity contribution >= 4 is 35.0 Å². The van der Waals surface area contributed by atoms with E-state index in [9.17, 15) is 4.79 Å². The Morgan fingerprint density at radius 3 is 2.64 bits per heavy atom. The molecular formula is C24H31N5O2S2. The minimum absolute atomic E-state index is 0.00842. The SMILES string of the molecule is COc1ccccc1-n1c(SCC(=O)NC(c2cccs2)C(C)C)nnc1N1CCCCC1. The van der Waals surface area contributed by atoms with Crippen molar-refractivity contribution in [3.8, 4) is 11.4 Å². The zero-order valence-electron chi connectivity index (χ0n) is 19.4. The lowest BCUT2D eigenvalue weighted by atomic mass is 10.0. The number of hydrogen-bond donors (Lipinski definition) is 1. The molecule has 0 aliphatic carbocycles. The Kier molecular flexibility index (Phi) is 7.93. The fourth-order valence-corrected chi connectivity index (χ4v) is 5.76. The van der Waals surface area contributed by atoms with Crippen molar-refractivity contribution in [3.63, 3.8) is 0 Å². The number of thioether (sulfide) groups is 1. The van der Waals surface area contributed by atoms with Gasteiger partial charge in [-0.15, -0.1) is 21.5 Å². The molecule has 7 nitrogen and oxygen atoms in total. The predicted molar refractivity (Wildman–Crippen MR) is 135 cm³/mol. The molecule has 33 heavy (non-hydrogen) atoms. The number of nitrogens with one attached hydrogen (secondary N) is 1. The summed E-state index contributed by atoms with van der Waals surface area (Å²) in [6.45, 7) is 6.16. The van der Waals surface area contributed by atoms with Gasteiger partial charge in [0, 0.05) is 18.0 Å². The second kappa shape index (κ2) is 11.1. The smallest absolute Gasteiger partial charge is 0.232 e. The van der Waals surface area contributed by atoms with Crippen LogP contribution in [0.5, 0.6) is 5.75 Å². The zero-order chi connectivity index (χ0) is 23.2. The third-order valence-corrected chi connectivity index (χ3v) is 7.63. The number of amides is 1. The topological polar surface area (TPSA) is 72.3 Å². The minimum Gasteiger partial charge on any atom is -0.495 e. The number of carbonyl (C=O) groups is 1. The number of hydrogen-bond acceptors (Lipinski definition) is 7. The highest BCUT2D eigenvalue weighted by Crippen LogP contribution is 2.33. The summed E-state index contributed by atoms with van der Waals surface area (Å²) in [6, 6.07) is 12.0. The van der Waals surface area contributed by atoms with Crippen LogP contribution in [0.25, 0.3) is 5.69 Å². The van der Waals surface area contributed by atoms with Crippen molar-refractivity contribution in [2.24, 2.45) is 5.92 Å². The normalized spacial score (nSPS) is 15.0. The molecule has 1 saturated heterocycles. The molecule has 0 spiro atoms. The number of anilines is 1. The quantitative estimate of drug-likeness (QED) is 0.433. The highest BCUT2D eigenvalue weighted by atomic mass is 32.2. The van der Waals surface area contributed by atoms with Crippen molar-refractivity contribution in [1.29, 1.82) is 0 Å². The molecular weight excluding hydrogens is 454 g/mol. The number of nitrogens with zero attached hydrogens (tertiary/aromatic N) is 4. The first-order valence-corrected chi connectivity index (χ1v) is 13.2. The van der Waals surface area contributed by atoms with Crippen LogP contribution in [0.4, 0.5) is 5.95 Å². The second-order valence-corrected chi connectivity index (χ2v) is 10.4. The number of piperidine rings is 1. The van der Waals surface area contributed by atoms with Gasteiger partial charge in [0.1, 0.15) is 5.75 Å². The summed E-state index contributed by atoms with van der Waals surface area (Å²) in [5, 5.41) is 14.9. The lowest BCUT2D eigenvalue weighted by Crippen LogP contribution is -2.32. The molecule has 1 atom stereocenters. The summed E-state index contributed by atoms with van der Waals surface area (Å²) in [5.41, 5.74) is 0.882. The Labute approximate surface area is 203 Å². The number of methoxy groups -OCH3 is 1. The van der Waals surface area contributed by atoms with E-state index in [4.69, 9.17) is 4.74 Å². The summed E-state index contributed by atoms with van der Waals surface area (Å²) in [6.07, 6.45) is 3.52. The van der Waals surface area contributed by atoms with Crippen LogP contribution < -0.4 is 15.0 Å². The second-order valence-electron chi connectivity index (χ2n) is 8.43. The molecule has 1 aliphatic rings. The molecule has 0 bridgehead atoms. The maximum atomic E-state index is 12.9. The predicted octanol–water partition coefficient (Wildman–Crippen LogP) is 4.93. The van der Waals surface area contributed by atoms with Gasteiger partial charge in [-0.1, -0.05) is 43.8 Å². The van der Waals surface area contributed by atoms with E-state index < -0.39 is 0 Å². The van der Waals surface area contributed by atoms with Gasteiger partial charge in [-0.05, 0) is 48.8 Å². The molecule has 1 N–H and O–H groups in total. The van der Waals surface area contributed by atoms with Crippen molar-refractivity contribution < 1.29 is 9.53 Å². The highest BCUT2D eigenvalue weighted by molar-refractivity contribution is 7.99. The number of ether oxygens (including phenoxy) is 1.